The number of carbonyl (C=O) groups is 3. The van der Waals surface area contributed by atoms with Gasteiger partial charge in [-0.1, -0.05) is 17.3 Å². The summed E-state index contributed by atoms with van der Waals surface area (Å²) >= 11 is 7.17. The maximum Gasteiger partial charge on any atom is 0.378 e. The van der Waals surface area contributed by atoms with Crippen molar-refractivity contribution >= 4 is 65.3 Å². The van der Waals surface area contributed by atoms with Crippen molar-refractivity contribution in [3.8, 4) is 11.6 Å². The SMILES string of the molecule is [B]OC(=O)C1=C(CCl)CS(=O)[C@@H]2[C@H](NC(=O)/C(=N\OCc3cc(OCc4ccc(OC)cc4)no3)c3csc(C)n3)C(=O)N12. The van der Waals surface area contributed by atoms with E-state index >= 15 is 0 Å². The Morgan fingerprint density at radius 2 is 2.07 bits per heavy atom. The van der Waals surface area contributed by atoms with E-state index in [1.54, 1.807) is 19.4 Å². The van der Waals surface area contributed by atoms with Crippen LogP contribution in [0.4, 0.5) is 0 Å². The van der Waals surface area contributed by atoms with Crippen molar-refractivity contribution in [2.45, 2.75) is 31.6 Å². The molecule has 2 aliphatic rings. The molecule has 1 N–H and O–H groups in total. The zero-order valence-corrected chi connectivity index (χ0v) is 25.6. The van der Waals surface area contributed by atoms with E-state index in [-0.39, 0.29) is 59.2 Å². The molecular weight excluding hydrogens is 637 g/mol. The first-order valence-electron chi connectivity index (χ1n) is 12.8. The number of alkyl halides is 1. The summed E-state index contributed by atoms with van der Waals surface area (Å²) < 4.78 is 33.2. The maximum absolute atomic E-state index is 13.3. The average molecular weight is 660 g/mol. The highest BCUT2D eigenvalue weighted by Crippen LogP contribution is 2.35. The normalized spacial score (nSPS) is 19.6. The second-order valence-electron chi connectivity index (χ2n) is 9.30. The first kappa shape index (κ1) is 31.2. The number of halogens is 1. The van der Waals surface area contributed by atoms with Gasteiger partial charge in [-0.2, -0.15) is 0 Å². The van der Waals surface area contributed by atoms with Gasteiger partial charge >= 0.3 is 14.0 Å². The summed E-state index contributed by atoms with van der Waals surface area (Å²) in [5, 5.41) is 11.5. The van der Waals surface area contributed by atoms with Gasteiger partial charge in [-0.3, -0.25) is 18.7 Å². The van der Waals surface area contributed by atoms with Crippen LogP contribution in [0.1, 0.15) is 22.0 Å². The van der Waals surface area contributed by atoms with Gasteiger partial charge in [0, 0.05) is 17.3 Å². The highest BCUT2D eigenvalue weighted by atomic mass is 35.5. The van der Waals surface area contributed by atoms with Gasteiger partial charge in [-0.05, 0) is 35.3 Å². The number of rotatable bonds is 12. The number of nitrogens with one attached hydrogen (secondary N) is 1. The molecule has 2 amide bonds. The Kier molecular flexibility index (Phi) is 9.66. The molecule has 2 aliphatic heterocycles. The molecule has 1 unspecified atom stereocenters. The number of oxime groups is 1. The largest absolute Gasteiger partial charge is 0.539 e. The molecule has 228 valence electrons. The molecule has 1 fully saturated rings. The Hall–Kier alpha value is -4.22. The van der Waals surface area contributed by atoms with Crippen molar-refractivity contribution in [1.29, 1.82) is 0 Å². The number of nitrogens with zero attached hydrogens (tertiary/aromatic N) is 4. The van der Waals surface area contributed by atoms with Crippen LogP contribution in [0.3, 0.4) is 0 Å². The lowest BCUT2D eigenvalue weighted by Crippen LogP contribution is -2.74. The number of amides is 2. The Morgan fingerprint density at radius 3 is 2.73 bits per heavy atom. The summed E-state index contributed by atoms with van der Waals surface area (Å²) in [6, 6.07) is 7.61. The Morgan fingerprint density at radius 1 is 1.30 bits per heavy atom. The minimum Gasteiger partial charge on any atom is -0.539 e. The van der Waals surface area contributed by atoms with E-state index in [9.17, 15) is 18.6 Å². The predicted octanol–water partition coefficient (Wildman–Crippen LogP) is 1.48. The Bertz CT molecular complexity index is 1660. The highest BCUT2D eigenvalue weighted by Gasteiger charge is 2.57. The van der Waals surface area contributed by atoms with Crippen molar-refractivity contribution in [3.63, 3.8) is 0 Å². The summed E-state index contributed by atoms with van der Waals surface area (Å²) in [5.41, 5.74) is 0.897. The third kappa shape index (κ3) is 6.49. The van der Waals surface area contributed by atoms with Crippen LogP contribution in [0, 0.1) is 6.92 Å². The lowest BCUT2D eigenvalue weighted by Gasteiger charge is -2.49. The molecule has 14 nitrogen and oxygen atoms in total. The standard InChI is InChI=1S/C26H23BClN5O9S2/c1-13-29-18(11-43-13)20(32-40-10-17-7-19(31-42-17)39-9-14-3-5-16(38-2)6-4-14)23(34)30-21-24(35)33-22(26(36)41-27)15(8-28)12-44(37)25(21)33/h3-7,11,21,25H,8-10,12H2,1-2H3,(H,30,34)/b32-20-/t21-,25-,44?/m1/s1. The molecule has 44 heavy (non-hydrogen) atoms. The van der Waals surface area contributed by atoms with Gasteiger partial charge in [0.25, 0.3) is 17.7 Å². The van der Waals surface area contributed by atoms with Crippen LogP contribution in [0.25, 0.3) is 0 Å². The summed E-state index contributed by atoms with van der Waals surface area (Å²) in [6.45, 7) is 1.77. The van der Waals surface area contributed by atoms with E-state index in [1.165, 1.54) is 17.4 Å². The van der Waals surface area contributed by atoms with Gasteiger partial charge in [0.1, 0.15) is 35.2 Å². The number of aryl methyl sites for hydroxylation is 1. The lowest BCUT2D eigenvalue weighted by molar-refractivity contribution is -0.149. The van der Waals surface area contributed by atoms with Crippen LogP contribution in [0.15, 0.2) is 56.7 Å². The number of ether oxygens (including phenoxy) is 2. The van der Waals surface area contributed by atoms with Crippen molar-refractivity contribution in [2.75, 3.05) is 18.7 Å². The molecule has 0 saturated carbocycles. The Balaban J connectivity index is 1.25. The van der Waals surface area contributed by atoms with E-state index in [0.29, 0.717) is 5.01 Å². The van der Waals surface area contributed by atoms with E-state index in [4.69, 9.17) is 38.5 Å². The topological polar surface area (TPSA) is 172 Å². The second-order valence-corrected chi connectivity index (χ2v) is 12.2. The number of carbonyl (C=O) groups excluding carboxylic acids is 3. The molecule has 4 heterocycles. The number of fused-ring (bicyclic) bond motifs is 1. The van der Waals surface area contributed by atoms with Crippen LogP contribution in [0.5, 0.6) is 11.6 Å². The quantitative estimate of drug-likeness (QED) is 0.0982. The smallest absolute Gasteiger partial charge is 0.378 e. The Labute approximate surface area is 263 Å². The number of aromatic nitrogens is 2. The van der Waals surface area contributed by atoms with Gasteiger partial charge < -0.3 is 28.8 Å². The van der Waals surface area contributed by atoms with E-state index in [0.717, 1.165) is 16.2 Å². The van der Waals surface area contributed by atoms with Crippen LogP contribution in [-0.2, 0) is 47.9 Å². The number of methoxy groups -OCH3 is 1. The molecule has 3 aromatic rings. The molecule has 2 radical (unpaired) electrons. The maximum atomic E-state index is 13.3. The van der Waals surface area contributed by atoms with Gasteiger partial charge in [0.05, 0.1) is 28.7 Å². The second kappa shape index (κ2) is 13.6. The molecular formula is C26H23BClN5O9S2. The van der Waals surface area contributed by atoms with Gasteiger partial charge in [0.2, 0.25) is 0 Å². The molecule has 3 atom stereocenters. The third-order valence-electron chi connectivity index (χ3n) is 6.48. The van der Waals surface area contributed by atoms with E-state index in [2.05, 4.69) is 25.3 Å². The van der Waals surface area contributed by atoms with E-state index < -0.39 is 40.0 Å². The monoisotopic (exact) mass is 659 g/mol. The molecule has 18 heteroatoms. The minimum absolute atomic E-state index is 0.104. The first-order chi connectivity index (χ1) is 21.2. The summed E-state index contributed by atoms with van der Waals surface area (Å²) in [4.78, 5) is 49.3. The fraction of sp³-hybridized carbons (Fsp3) is 0.308. The van der Waals surface area contributed by atoms with Gasteiger partial charge in [-0.25, -0.2) is 9.78 Å². The van der Waals surface area contributed by atoms with Crippen LogP contribution >= 0.6 is 22.9 Å². The van der Waals surface area contributed by atoms with Crippen LogP contribution in [0.2, 0.25) is 0 Å². The number of hydrogen-bond donors (Lipinski definition) is 1. The fourth-order valence-electron chi connectivity index (χ4n) is 4.36. The average Bonchev–Trinajstić information content (AvgIpc) is 3.68. The molecule has 5 rings (SSSR count). The molecule has 0 aliphatic carbocycles. The summed E-state index contributed by atoms with van der Waals surface area (Å²) in [5.74, 6) is -1.58. The summed E-state index contributed by atoms with van der Waals surface area (Å²) in [7, 11) is 4.92. The first-order valence-corrected chi connectivity index (χ1v) is 15.6. The zero-order valence-electron chi connectivity index (χ0n) is 23.2. The molecule has 1 aromatic carbocycles. The van der Waals surface area contributed by atoms with Crippen LogP contribution in [-0.4, -0.2) is 81.0 Å². The van der Waals surface area contributed by atoms with Gasteiger partial charge in [-0.15, -0.1) is 22.9 Å². The summed E-state index contributed by atoms with van der Waals surface area (Å²) in [6.07, 6.45) is 0. The zero-order chi connectivity index (χ0) is 31.4. The van der Waals surface area contributed by atoms with Crippen molar-refractivity contribution in [2.24, 2.45) is 5.16 Å². The van der Waals surface area contributed by atoms with Crippen LogP contribution < -0.4 is 14.8 Å². The highest BCUT2D eigenvalue weighted by molar-refractivity contribution is 7.86. The van der Waals surface area contributed by atoms with Crippen molar-refractivity contribution in [3.05, 3.63) is 69.0 Å². The molecule has 1 saturated heterocycles. The predicted molar refractivity (Wildman–Crippen MR) is 157 cm³/mol. The van der Waals surface area contributed by atoms with Crippen molar-refractivity contribution in [1.82, 2.24) is 20.4 Å². The number of β-lactam (4-membered cyclic amide) rings is 1. The number of thiazole rings is 1. The van der Waals surface area contributed by atoms with E-state index in [1.807, 2.05) is 24.3 Å². The molecule has 0 spiro atoms. The van der Waals surface area contributed by atoms with Gasteiger partial charge in [0.15, 0.2) is 18.1 Å². The lowest BCUT2D eigenvalue weighted by atomic mass is 10.0. The number of benzene rings is 1. The van der Waals surface area contributed by atoms with Crippen molar-refractivity contribution < 1.29 is 42.1 Å². The molecule has 2 aromatic heterocycles. The fourth-order valence-corrected chi connectivity index (χ4v) is 6.97. The minimum atomic E-state index is -1.68. The third-order valence-corrected chi connectivity index (χ3v) is 9.23. The number of hydrogen-bond acceptors (Lipinski definition) is 13. The molecule has 0 bridgehead atoms.